The van der Waals surface area contributed by atoms with Gasteiger partial charge >= 0.3 is 0 Å². The lowest BCUT2D eigenvalue weighted by atomic mass is 9.99. The van der Waals surface area contributed by atoms with E-state index in [0.717, 1.165) is 6.29 Å². The van der Waals surface area contributed by atoms with Crippen molar-refractivity contribution in [2.75, 3.05) is 13.2 Å². The van der Waals surface area contributed by atoms with Gasteiger partial charge in [0.25, 0.3) is 0 Å². The lowest BCUT2D eigenvalue weighted by Gasteiger charge is -2.39. The number of fused-ring (bicyclic) bond motifs is 1. The molecule has 4 nitrogen and oxygen atoms in total. The molecule has 2 rings (SSSR count). The number of hydrogen-bond acceptors (Lipinski definition) is 4. The minimum absolute atomic E-state index is 0.0130. The first-order valence-corrected chi connectivity index (χ1v) is 10.0. The lowest BCUT2D eigenvalue weighted by Crippen LogP contribution is -2.47. The second-order valence-corrected chi connectivity index (χ2v) is 11.9. The van der Waals surface area contributed by atoms with Crippen molar-refractivity contribution in [3.63, 3.8) is 0 Å². The molecule has 0 radical (unpaired) electrons. The molecule has 2 saturated heterocycles. The van der Waals surface area contributed by atoms with E-state index in [2.05, 4.69) is 33.9 Å². The predicted octanol–water partition coefficient (Wildman–Crippen LogP) is 2.38. The molecule has 0 N–H and O–H groups in total. The van der Waals surface area contributed by atoms with Crippen molar-refractivity contribution in [2.24, 2.45) is 5.92 Å². The largest absolute Gasteiger partial charge is 0.409 e. The third-order valence-electron chi connectivity index (χ3n) is 4.76. The normalized spacial score (nSPS) is 35.4. The van der Waals surface area contributed by atoms with E-state index in [1.807, 2.05) is 0 Å². The fourth-order valence-corrected chi connectivity index (χ4v) is 3.84. The molecule has 4 atom stereocenters. The van der Waals surface area contributed by atoms with Gasteiger partial charge in [0.2, 0.25) is 0 Å². The zero-order valence-corrected chi connectivity index (χ0v) is 13.6. The summed E-state index contributed by atoms with van der Waals surface area (Å²) in [5.74, 6) is 0.204. The summed E-state index contributed by atoms with van der Waals surface area (Å²) in [5, 5.41) is 0.186. The SMILES string of the molecule is CC(C)(C)[Si](C)(C)O[C@@H]1CO[C@@H]2C(CC=O)CO[C@@H]21. The summed E-state index contributed by atoms with van der Waals surface area (Å²) < 4.78 is 18.1. The zero-order valence-electron chi connectivity index (χ0n) is 12.6. The Balaban J connectivity index is 2.00. The van der Waals surface area contributed by atoms with E-state index in [0.29, 0.717) is 19.6 Å². The molecule has 110 valence electrons. The maximum Gasteiger partial charge on any atom is 0.192 e. The van der Waals surface area contributed by atoms with Crippen LogP contribution in [0.5, 0.6) is 0 Å². The molecular weight excluding hydrogens is 260 g/mol. The molecule has 1 unspecified atom stereocenters. The van der Waals surface area contributed by atoms with Crippen molar-refractivity contribution >= 4 is 14.6 Å². The molecule has 2 aliphatic rings. The van der Waals surface area contributed by atoms with Crippen molar-refractivity contribution in [1.29, 1.82) is 0 Å². The Bertz CT molecular complexity index is 337. The van der Waals surface area contributed by atoms with Crippen LogP contribution in [0.1, 0.15) is 27.2 Å². The molecule has 0 aromatic carbocycles. The highest BCUT2D eigenvalue weighted by Crippen LogP contribution is 2.41. The van der Waals surface area contributed by atoms with Crippen LogP contribution in [-0.2, 0) is 18.7 Å². The van der Waals surface area contributed by atoms with Gasteiger partial charge in [0.05, 0.1) is 25.4 Å². The van der Waals surface area contributed by atoms with Crippen LogP contribution >= 0.6 is 0 Å². The zero-order chi connectivity index (χ0) is 14.3. The van der Waals surface area contributed by atoms with Crippen molar-refractivity contribution in [2.45, 2.75) is 63.6 Å². The van der Waals surface area contributed by atoms with Crippen LogP contribution in [0.4, 0.5) is 0 Å². The van der Waals surface area contributed by atoms with Gasteiger partial charge in [-0.05, 0) is 18.1 Å². The summed E-state index contributed by atoms with van der Waals surface area (Å²) in [6.45, 7) is 12.4. The van der Waals surface area contributed by atoms with E-state index in [-0.39, 0.29) is 29.3 Å². The third kappa shape index (κ3) is 2.94. The topological polar surface area (TPSA) is 44.8 Å². The van der Waals surface area contributed by atoms with Gasteiger partial charge in [0.15, 0.2) is 8.32 Å². The highest BCUT2D eigenvalue weighted by Gasteiger charge is 2.50. The molecule has 2 aliphatic heterocycles. The van der Waals surface area contributed by atoms with Crippen LogP contribution < -0.4 is 0 Å². The fourth-order valence-electron chi connectivity index (χ4n) is 2.53. The molecule has 0 aromatic rings. The van der Waals surface area contributed by atoms with E-state index < -0.39 is 8.32 Å². The molecule has 5 heteroatoms. The summed E-state index contributed by atoms with van der Waals surface area (Å²) in [6, 6.07) is 0. The van der Waals surface area contributed by atoms with Gasteiger partial charge in [0.1, 0.15) is 12.4 Å². The van der Waals surface area contributed by atoms with Gasteiger partial charge < -0.3 is 18.7 Å². The van der Waals surface area contributed by atoms with Crippen molar-refractivity contribution in [1.82, 2.24) is 0 Å². The van der Waals surface area contributed by atoms with E-state index in [1.54, 1.807) is 0 Å². The molecule has 2 fully saturated rings. The number of hydrogen-bond donors (Lipinski definition) is 0. The number of carbonyl (C=O) groups is 1. The maximum absolute atomic E-state index is 10.7. The smallest absolute Gasteiger partial charge is 0.192 e. The highest BCUT2D eigenvalue weighted by molar-refractivity contribution is 6.74. The minimum Gasteiger partial charge on any atom is -0.409 e. The van der Waals surface area contributed by atoms with Gasteiger partial charge in [0, 0.05) is 12.3 Å². The Morgan fingerprint density at radius 3 is 2.42 bits per heavy atom. The van der Waals surface area contributed by atoms with Gasteiger partial charge in [-0.3, -0.25) is 0 Å². The lowest BCUT2D eigenvalue weighted by molar-refractivity contribution is -0.109. The quantitative estimate of drug-likeness (QED) is 0.588. The van der Waals surface area contributed by atoms with Gasteiger partial charge in [-0.15, -0.1) is 0 Å². The summed E-state index contributed by atoms with van der Waals surface area (Å²) in [5.41, 5.74) is 0. The molecule has 0 saturated carbocycles. The third-order valence-corrected chi connectivity index (χ3v) is 9.27. The Morgan fingerprint density at radius 1 is 1.21 bits per heavy atom. The maximum atomic E-state index is 10.7. The molecule has 0 bridgehead atoms. The van der Waals surface area contributed by atoms with Crippen LogP contribution in [0.15, 0.2) is 0 Å². The second-order valence-electron chi connectivity index (χ2n) is 7.17. The van der Waals surface area contributed by atoms with E-state index in [1.165, 1.54) is 0 Å². The predicted molar refractivity (Wildman–Crippen MR) is 75.7 cm³/mol. The van der Waals surface area contributed by atoms with Gasteiger partial charge in [-0.1, -0.05) is 20.8 Å². The van der Waals surface area contributed by atoms with E-state index >= 15 is 0 Å². The monoisotopic (exact) mass is 286 g/mol. The number of rotatable bonds is 4. The molecule has 0 aromatic heterocycles. The standard InChI is InChI=1S/C14H26O4Si/c1-14(2,3)19(4,5)18-11-9-17-12-10(6-7-15)8-16-13(11)12/h7,10-13H,6,8-9H2,1-5H3/t10?,11-,12-,13-/m1/s1. The van der Waals surface area contributed by atoms with Crippen LogP contribution in [0.3, 0.4) is 0 Å². The van der Waals surface area contributed by atoms with Crippen LogP contribution in [0.25, 0.3) is 0 Å². The van der Waals surface area contributed by atoms with E-state index in [4.69, 9.17) is 13.9 Å². The van der Waals surface area contributed by atoms with E-state index in [9.17, 15) is 4.79 Å². The van der Waals surface area contributed by atoms with Gasteiger partial charge in [-0.2, -0.15) is 0 Å². The first-order chi connectivity index (χ1) is 8.76. The number of carbonyl (C=O) groups excluding carboxylic acids is 1. The Hall–Kier alpha value is -0.233. The molecule has 0 aliphatic carbocycles. The average molecular weight is 286 g/mol. The second kappa shape index (κ2) is 5.28. The van der Waals surface area contributed by atoms with Crippen LogP contribution in [0.2, 0.25) is 18.1 Å². The van der Waals surface area contributed by atoms with Crippen molar-refractivity contribution < 1.29 is 18.7 Å². The molecule has 19 heavy (non-hydrogen) atoms. The van der Waals surface area contributed by atoms with Gasteiger partial charge in [-0.25, -0.2) is 0 Å². The first-order valence-electron chi connectivity index (χ1n) is 7.11. The summed E-state index contributed by atoms with van der Waals surface area (Å²) in [4.78, 5) is 10.7. The average Bonchev–Trinajstić information content (AvgIpc) is 2.82. The van der Waals surface area contributed by atoms with Crippen molar-refractivity contribution in [3.8, 4) is 0 Å². The van der Waals surface area contributed by atoms with Crippen LogP contribution in [0, 0.1) is 5.92 Å². The number of ether oxygens (including phenoxy) is 2. The minimum atomic E-state index is -1.80. The molecule has 0 spiro atoms. The molecular formula is C14H26O4Si. The molecule has 2 heterocycles. The summed E-state index contributed by atoms with van der Waals surface area (Å²) >= 11 is 0. The molecule has 0 amide bonds. The Kier molecular flexibility index (Phi) is 4.21. The summed E-state index contributed by atoms with van der Waals surface area (Å²) in [6.07, 6.45) is 1.57. The highest BCUT2D eigenvalue weighted by atomic mass is 28.4. The Morgan fingerprint density at radius 2 is 1.84 bits per heavy atom. The van der Waals surface area contributed by atoms with Crippen LogP contribution in [-0.4, -0.2) is 46.1 Å². The fraction of sp³-hybridized carbons (Fsp3) is 0.929. The first kappa shape index (κ1) is 15.2. The number of aldehydes is 1. The van der Waals surface area contributed by atoms with Crippen molar-refractivity contribution in [3.05, 3.63) is 0 Å². The Labute approximate surface area is 116 Å². The summed E-state index contributed by atoms with van der Waals surface area (Å²) in [7, 11) is -1.80.